The molecule has 7 nitrogen and oxygen atoms in total. The summed E-state index contributed by atoms with van der Waals surface area (Å²) in [6.45, 7) is 11.6. The maximum absolute atomic E-state index is 5.49. The van der Waals surface area contributed by atoms with E-state index in [1.165, 1.54) is 11.3 Å². The molecule has 0 spiro atoms. The van der Waals surface area contributed by atoms with Crippen LogP contribution in [-0.2, 0) is 4.74 Å². The van der Waals surface area contributed by atoms with Gasteiger partial charge in [0.05, 0.1) is 29.8 Å². The number of nitrogens with zero attached hydrogens (tertiary/aromatic N) is 4. The molecule has 2 N–H and O–H groups in total. The number of hydrogen-bond acceptors (Lipinski definition) is 7. The number of anilines is 2. The molecule has 5 rings (SSSR count). The summed E-state index contributed by atoms with van der Waals surface area (Å²) >= 11 is 0. The van der Waals surface area contributed by atoms with Crippen molar-refractivity contribution in [3.05, 3.63) is 48.0 Å². The normalized spacial score (nSPS) is 17.6. The zero-order valence-electron chi connectivity index (χ0n) is 18.8. The van der Waals surface area contributed by atoms with Crippen molar-refractivity contribution in [2.45, 2.75) is 6.92 Å². The number of aromatic nitrogens is 2. The Morgan fingerprint density at radius 1 is 0.969 bits per heavy atom. The number of benzene rings is 2. The summed E-state index contributed by atoms with van der Waals surface area (Å²) in [5.74, 6) is 1.70. The van der Waals surface area contributed by atoms with Crippen molar-refractivity contribution in [3.63, 3.8) is 0 Å². The highest BCUT2D eigenvalue weighted by Crippen LogP contribution is 2.36. The lowest BCUT2D eigenvalue weighted by atomic mass is 10.1. The quantitative estimate of drug-likeness (QED) is 0.621. The zero-order valence-corrected chi connectivity index (χ0v) is 18.8. The van der Waals surface area contributed by atoms with Crippen molar-refractivity contribution in [2.24, 2.45) is 0 Å². The van der Waals surface area contributed by atoms with Crippen LogP contribution in [-0.4, -0.2) is 80.4 Å². The molecule has 2 saturated heterocycles. The summed E-state index contributed by atoms with van der Waals surface area (Å²) < 4.78 is 5.49. The molecule has 0 amide bonds. The zero-order chi connectivity index (χ0) is 21.8. The van der Waals surface area contributed by atoms with E-state index >= 15 is 0 Å². The molecule has 0 aliphatic carbocycles. The monoisotopic (exact) mass is 432 g/mol. The van der Waals surface area contributed by atoms with Crippen molar-refractivity contribution in [3.8, 4) is 11.4 Å². The lowest BCUT2D eigenvalue weighted by Gasteiger charge is -2.32. The second-order valence-corrected chi connectivity index (χ2v) is 8.50. The first kappa shape index (κ1) is 21.1. The maximum atomic E-state index is 5.49. The van der Waals surface area contributed by atoms with Gasteiger partial charge in [-0.1, -0.05) is 36.4 Å². The van der Waals surface area contributed by atoms with E-state index in [4.69, 9.17) is 14.7 Å². The van der Waals surface area contributed by atoms with Crippen LogP contribution in [0.5, 0.6) is 0 Å². The Labute approximate surface area is 189 Å². The number of aryl methyl sites for hydroxylation is 1. The van der Waals surface area contributed by atoms with Gasteiger partial charge in [0.1, 0.15) is 5.82 Å². The van der Waals surface area contributed by atoms with Crippen LogP contribution in [0.2, 0.25) is 0 Å². The van der Waals surface area contributed by atoms with E-state index in [2.05, 4.69) is 51.6 Å². The molecule has 3 aromatic rings. The molecule has 0 radical (unpaired) electrons. The van der Waals surface area contributed by atoms with Crippen LogP contribution in [0.4, 0.5) is 11.5 Å². The van der Waals surface area contributed by atoms with Gasteiger partial charge >= 0.3 is 0 Å². The van der Waals surface area contributed by atoms with E-state index in [0.717, 1.165) is 93.7 Å². The van der Waals surface area contributed by atoms with Gasteiger partial charge in [-0.25, -0.2) is 9.97 Å². The number of hydrogen-bond donors (Lipinski definition) is 2. The fraction of sp³-hybridized carbons (Fsp3) is 0.440. The summed E-state index contributed by atoms with van der Waals surface area (Å²) in [6, 6.07) is 14.6. The summed E-state index contributed by atoms with van der Waals surface area (Å²) in [4.78, 5) is 14.9. The average Bonchev–Trinajstić information content (AvgIpc) is 2.86. The topological polar surface area (TPSA) is 65.5 Å². The number of ether oxygens (including phenoxy) is 1. The van der Waals surface area contributed by atoms with Crippen LogP contribution in [0.1, 0.15) is 5.56 Å². The third-order valence-electron chi connectivity index (χ3n) is 6.33. The van der Waals surface area contributed by atoms with E-state index in [-0.39, 0.29) is 0 Å². The molecule has 32 heavy (non-hydrogen) atoms. The van der Waals surface area contributed by atoms with Crippen LogP contribution in [0, 0.1) is 6.92 Å². The van der Waals surface area contributed by atoms with Gasteiger partial charge < -0.3 is 20.3 Å². The lowest BCUT2D eigenvalue weighted by molar-refractivity contribution is 0.0398. The van der Waals surface area contributed by atoms with Gasteiger partial charge in [0, 0.05) is 57.9 Å². The van der Waals surface area contributed by atoms with Gasteiger partial charge in [-0.15, -0.1) is 0 Å². The second kappa shape index (κ2) is 9.81. The van der Waals surface area contributed by atoms with E-state index in [0.29, 0.717) is 0 Å². The molecule has 0 bridgehead atoms. The minimum Gasteiger partial charge on any atom is -0.379 e. The molecule has 7 heteroatoms. The average molecular weight is 433 g/mol. The third kappa shape index (κ3) is 4.55. The Hall–Kier alpha value is -2.74. The fourth-order valence-corrected chi connectivity index (χ4v) is 4.61. The number of nitrogens with one attached hydrogen (secondary N) is 2. The van der Waals surface area contributed by atoms with Crippen molar-refractivity contribution in [1.82, 2.24) is 20.2 Å². The van der Waals surface area contributed by atoms with Gasteiger partial charge in [-0.2, -0.15) is 0 Å². The van der Waals surface area contributed by atoms with Crippen molar-refractivity contribution in [2.75, 3.05) is 75.8 Å². The molecule has 1 aromatic heterocycles. The minimum atomic E-state index is 0.766. The predicted molar refractivity (Wildman–Crippen MR) is 131 cm³/mol. The Morgan fingerprint density at radius 2 is 1.75 bits per heavy atom. The molecule has 0 atom stereocenters. The van der Waals surface area contributed by atoms with Crippen LogP contribution in [0.15, 0.2) is 42.5 Å². The van der Waals surface area contributed by atoms with E-state index in [1.807, 2.05) is 18.2 Å². The van der Waals surface area contributed by atoms with Gasteiger partial charge in [0.25, 0.3) is 0 Å². The second-order valence-electron chi connectivity index (χ2n) is 8.50. The van der Waals surface area contributed by atoms with Gasteiger partial charge in [-0.05, 0) is 18.6 Å². The molecular formula is C25H32N6O. The fourth-order valence-electron chi connectivity index (χ4n) is 4.61. The molecule has 168 valence electrons. The molecular weight excluding hydrogens is 400 g/mol. The number of piperazine rings is 1. The summed E-state index contributed by atoms with van der Waals surface area (Å²) in [5, 5.41) is 8.27. The number of rotatable bonds is 6. The first-order valence-electron chi connectivity index (χ1n) is 11.7. The highest BCUT2D eigenvalue weighted by molar-refractivity contribution is 6.02. The van der Waals surface area contributed by atoms with Crippen LogP contribution < -0.4 is 15.5 Å². The molecule has 2 aliphatic rings. The number of fused-ring (bicyclic) bond motifs is 1. The molecule has 0 unspecified atom stereocenters. The van der Waals surface area contributed by atoms with Crippen molar-refractivity contribution < 1.29 is 4.74 Å². The number of morpholine rings is 1. The molecule has 2 fully saturated rings. The Morgan fingerprint density at radius 3 is 2.53 bits per heavy atom. The summed E-state index contributed by atoms with van der Waals surface area (Å²) in [7, 11) is 0. The smallest absolute Gasteiger partial charge is 0.162 e. The minimum absolute atomic E-state index is 0.766. The van der Waals surface area contributed by atoms with E-state index < -0.39 is 0 Å². The van der Waals surface area contributed by atoms with Crippen molar-refractivity contribution >= 4 is 22.4 Å². The Bertz CT molecular complexity index is 1050. The van der Waals surface area contributed by atoms with Gasteiger partial charge in [-0.3, -0.25) is 4.90 Å². The van der Waals surface area contributed by atoms with E-state index in [1.54, 1.807) is 0 Å². The first-order chi connectivity index (χ1) is 15.8. The van der Waals surface area contributed by atoms with Gasteiger partial charge in [0.2, 0.25) is 0 Å². The predicted octanol–water partition coefficient (Wildman–Crippen LogP) is 2.76. The Balaban J connectivity index is 1.54. The summed E-state index contributed by atoms with van der Waals surface area (Å²) in [5.41, 5.74) is 4.56. The molecule has 2 aromatic carbocycles. The molecule has 2 aliphatic heterocycles. The van der Waals surface area contributed by atoms with Crippen molar-refractivity contribution in [1.29, 1.82) is 0 Å². The van der Waals surface area contributed by atoms with E-state index in [9.17, 15) is 0 Å². The highest BCUT2D eigenvalue weighted by atomic mass is 16.5. The van der Waals surface area contributed by atoms with Crippen LogP contribution in [0.25, 0.3) is 22.3 Å². The first-order valence-corrected chi connectivity index (χ1v) is 11.7. The highest BCUT2D eigenvalue weighted by Gasteiger charge is 2.21. The standard InChI is InChI=1S/C25H32N6O/c1-19-7-8-21-22(23(19)31-13-9-26-10-14-31)25(27-11-12-30-15-17-32-18-16-30)29-24(28-21)20-5-3-2-4-6-20/h2-8,26H,9-18H2,1H3,(H,27,28,29). The van der Waals surface area contributed by atoms with Gasteiger partial charge in [0.15, 0.2) is 5.82 Å². The largest absolute Gasteiger partial charge is 0.379 e. The Kier molecular flexibility index (Phi) is 6.48. The third-order valence-corrected chi connectivity index (χ3v) is 6.33. The maximum Gasteiger partial charge on any atom is 0.162 e. The van der Waals surface area contributed by atoms with Crippen LogP contribution in [0.3, 0.4) is 0 Å². The SMILES string of the molecule is Cc1ccc2nc(-c3ccccc3)nc(NCCN3CCOCC3)c2c1N1CCNCC1. The lowest BCUT2D eigenvalue weighted by Crippen LogP contribution is -2.44. The summed E-state index contributed by atoms with van der Waals surface area (Å²) in [6.07, 6.45) is 0. The van der Waals surface area contributed by atoms with Crippen LogP contribution >= 0.6 is 0 Å². The molecule has 3 heterocycles. The molecule has 0 saturated carbocycles.